The maximum atomic E-state index is 11.1. The van der Waals surface area contributed by atoms with Crippen LogP contribution < -0.4 is 0 Å². The van der Waals surface area contributed by atoms with Crippen molar-refractivity contribution in [3.63, 3.8) is 0 Å². The number of aliphatic imine (C=N–C) groups is 1. The van der Waals surface area contributed by atoms with Crippen LogP contribution in [-0.2, 0) is 0 Å². The second-order valence-electron chi connectivity index (χ2n) is 2.64. The molecule has 0 heterocycles. The van der Waals surface area contributed by atoms with Gasteiger partial charge in [0.2, 0.25) is 0 Å². The minimum Gasteiger partial charge on any atom is -0.295 e. The predicted octanol–water partition coefficient (Wildman–Crippen LogP) is 2.13. The quantitative estimate of drug-likeness (QED) is 0.422. The van der Waals surface area contributed by atoms with Gasteiger partial charge in [0.15, 0.2) is 5.78 Å². The summed E-state index contributed by atoms with van der Waals surface area (Å²) in [7, 11) is 0. The topological polar surface area (TPSA) is 46.5 Å². The van der Waals surface area contributed by atoms with Crippen molar-refractivity contribution in [1.29, 1.82) is 0 Å². The van der Waals surface area contributed by atoms with E-state index in [0.29, 0.717) is 11.1 Å². The Bertz CT molecular complexity index is 416. The van der Waals surface area contributed by atoms with Crippen LogP contribution in [0, 0.1) is 0 Å². The molecule has 1 aromatic carbocycles. The van der Waals surface area contributed by atoms with Gasteiger partial charge in [-0.2, -0.15) is 4.99 Å². The summed E-state index contributed by atoms with van der Waals surface area (Å²) >= 11 is 4.30. The average molecular weight is 205 g/mol. The third kappa shape index (κ3) is 2.42. The van der Waals surface area contributed by atoms with Gasteiger partial charge in [0.25, 0.3) is 5.91 Å². The van der Waals surface area contributed by atoms with E-state index in [4.69, 9.17) is 0 Å². The van der Waals surface area contributed by atoms with Gasteiger partial charge in [-0.25, -0.2) is 0 Å². The number of rotatable bonds is 2. The van der Waals surface area contributed by atoms with E-state index in [1.807, 2.05) is 5.16 Å². The van der Waals surface area contributed by atoms with E-state index in [1.165, 1.54) is 19.1 Å². The number of thiocarbonyl (C=S) groups is 1. The third-order valence-corrected chi connectivity index (χ3v) is 1.78. The van der Waals surface area contributed by atoms with Crippen LogP contribution in [0.2, 0.25) is 0 Å². The van der Waals surface area contributed by atoms with Gasteiger partial charge in [0.1, 0.15) is 0 Å². The molecule has 0 spiro atoms. The molecule has 3 nitrogen and oxygen atoms in total. The molecule has 0 radical (unpaired) electrons. The summed E-state index contributed by atoms with van der Waals surface area (Å²) in [5, 5.41) is 2.00. The van der Waals surface area contributed by atoms with Crippen molar-refractivity contribution < 1.29 is 9.59 Å². The van der Waals surface area contributed by atoms with Gasteiger partial charge >= 0.3 is 0 Å². The molecule has 0 bridgehead atoms. The van der Waals surface area contributed by atoms with E-state index in [1.54, 1.807) is 12.1 Å². The summed E-state index contributed by atoms with van der Waals surface area (Å²) in [5.41, 5.74) is 0.959. The van der Waals surface area contributed by atoms with Crippen molar-refractivity contribution in [3.8, 4) is 0 Å². The maximum absolute atomic E-state index is 11.1. The zero-order valence-corrected chi connectivity index (χ0v) is 8.30. The van der Waals surface area contributed by atoms with Crippen LogP contribution in [0.15, 0.2) is 29.3 Å². The first-order valence-electron chi connectivity index (χ1n) is 3.88. The fraction of sp³-hybridized carbons (Fsp3) is 0.100. The van der Waals surface area contributed by atoms with Gasteiger partial charge in [-0.1, -0.05) is 12.1 Å². The highest BCUT2D eigenvalue weighted by Crippen LogP contribution is 2.06. The Morgan fingerprint density at radius 1 is 1.21 bits per heavy atom. The number of hydrogen-bond acceptors (Lipinski definition) is 3. The van der Waals surface area contributed by atoms with E-state index < -0.39 is 5.91 Å². The van der Waals surface area contributed by atoms with Gasteiger partial charge < -0.3 is 0 Å². The van der Waals surface area contributed by atoms with Gasteiger partial charge in [0, 0.05) is 11.1 Å². The summed E-state index contributed by atoms with van der Waals surface area (Å²) in [6.45, 7) is 1.46. The summed E-state index contributed by atoms with van der Waals surface area (Å²) < 4.78 is 0. The SMILES string of the molecule is CC(=O)c1ccc(C(=O)N=C=S)cc1. The molecule has 0 aliphatic carbocycles. The molecule has 0 unspecified atom stereocenters. The van der Waals surface area contributed by atoms with Gasteiger partial charge in [-0.3, -0.25) is 9.59 Å². The monoisotopic (exact) mass is 205 g/mol. The van der Waals surface area contributed by atoms with E-state index in [9.17, 15) is 9.59 Å². The first-order chi connectivity index (χ1) is 6.65. The highest BCUT2D eigenvalue weighted by Gasteiger charge is 2.04. The highest BCUT2D eigenvalue weighted by molar-refractivity contribution is 7.78. The van der Waals surface area contributed by atoms with E-state index in [2.05, 4.69) is 17.2 Å². The summed E-state index contributed by atoms with van der Waals surface area (Å²) in [5.74, 6) is -0.488. The molecule has 0 fully saturated rings. The molecule has 4 heteroatoms. The lowest BCUT2D eigenvalue weighted by Gasteiger charge is -1.96. The summed E-state index contributed by atoms with van der Waals surface area (Å²) in [4.78, 5) is 25.4. The first kappa shape index (κ1) is 10.4. The molecule has 0 saturated carbocycles. The van der Waals surface area contributed by atoms with Crippen LogP contribution in [0.1, 0.15) is 27.6 Å². The van der Waals surface area contributed by atoms with E-state index in [-0.39, 0.29) is 5.78 Å². The minimum atomic E-state index is -0.449. The lowest BCUT2D eigenvalue weighted by Crippen LogP contribution is -1.96. The van der Waals surface area contributed by atoms with Gasteiger partial charge in [-0.05, 0) is 31.3 Å². The minimum absolute atomic E-state index is 0.0395. The maximum Gasteiger partial charge on any atom is 0.285 e. The molecule has 0 saturated heterocycles. The van der Waals surface area contributed by atoms with Crippen molar-refractivity contribution >= 4 is 29.1 Å². The molecule has 0 atom stereocenters. The normalized spacial score (nSPS) is 8.93. The molecule has 0 aliphatic rings. The van der Waals surface area contributed by atoms with Crippen LogP contribution in [0.25, 0.3) is 0 Å². The fourth-order valence-electron chi connectivity index (χ4n) is 0.954. The van der Waals surface area contributed by atoms with Crippen LogP contribution in [-0.4, -0.2) is 16.9 Å². The van der Waals surface area contributed by atoms with Crippen molar-refractivity contribution in [2.75, 3.05) is 0 Å². The Balaban J connectivity index is 2.99. The van der Waals surface area contributed by atoms with E-state index >= 15 is 0 Å². The first-order valence-corrected chi connectivity index (χ1v) is 4.29. The molecule has 1 aromatic rings. The number of Topliss-reactive ketones (excluding diaryl/α,β-unsaturated/α-hetero) is 1. The third-order valence-electron chi connectivity index (χ3n) is 1.69. The molecule has 14 heavy (non-hydrogen) atoms. The number of hydrogen-bond donors (Lipinski definition) is 0. The summed E-state index contributed by atoms with van der Waals surface area (Å²) in [6.07, 6.45) is 0. The molecule has 0 aliphatic heterocycles. The second-order valence-corrected chi connectivity index (χ2v) is 2.82. The number of carbonyl (C=O) groups is 2. The molecule has 1 amide bonds. The lowest BCUT2D eigenvalue weighted by atomic mass is 10.1. The standard InChI is InChI=1S/C10H7NO2S/c1-7(12)8-2-4-9(5-3-8)10(13)11-6-14/h2-5H,1H3. The number of nitrogens with zero attached hydrogens (tertiary/aromatic N) is 1. The number of ketones is 1. The number of carbonyl (C=O) groups excluding carboxylic acids is 2. The second kappa shape index (κ2) is 4.56. The molecular formula is C10H7NO2S. The number of benzene rings is 1. The Kier molecular flexibility index (Phi) is 3.40. The van der Waals surface area contributed by atoms with E-state index in [0.717, 1.165) is 0 Å². The van der Waals surface area contributed by atoms with Crippen LogP contribution >= 0.6 is 12.2 Å². The Hall–Kier alpha value is -1.64. The van der Waals surface area contributed by atoms with Crippen LogP contribution in [0.4, 0.5) is 0 Å². The van der Waals surface area contributed by atoms with Crippen LogP contribution in [0.5, 0.6) is 0 Å². The van der Waals surface area contributed by atoms with Crippen molar-refractivity contribution in [1.82, 2.24) is 0 Å². The van der Waals surface area contributed by atoms with Crippen molar-refractivity contribution in [3.05, 3.63) is 35.4 Å². The van der Waals surface area contributed by atoms with Crippen molar-refractivity contribution in [2.45, 2.75) is 6.92 Å². The predicted molar refractivity (Wildman–Crippen MR) is 55.8 cm³/mol. The molecule has 1 rings (SSSR count). The molecule has 70 valence electrons. The average Bonchev–Trinajstić information content (AvgIpc) is 2.18. The Labute approximate surface area is 86.5 Å². The summed E-state index contributed by atoms with van der Waals surface area (Å²) in [6, 6.07) is 6.23. The molecule has 0 N–H and O–H groups in total. The number of isothiocyanates is 1. The smallest absolute Gasteiger partial charge is 0.285 e. The van der Waals surface area contributed by atoms with Gasteiger partial charge in [0.05, 0.1) is 5.16 Å². The largest absolute Gasteiger partial charge is 0.295 e. The molecule has 0 aromatic heterocycles. The zero-order valence-electron chi connectivity index (χ0n) is 7.48. The van der Waals surface area contributed by atoms with Crippen molar-refractivity contribution in [2.24, 2.45) is 4.99 Å². The van der Waals surface area contributed by atoms with Gasteiger partial charge in [-0.15, -0.1) is 0 Å². The Morgan fingerprint density at radius 2 is 1.71 bits per heavy atom. The fourth-order valence-corrected chi connectivity index (χ4v) is 1.04. The number of amides is 1. The lowest BCUT2D eigenvalue weighted by molar-refractivity contribution is 0.0996. The highest BCUT2D eigenvalue weighted by atomic mass is 32.1. The Morgan fingerprint density at radius 3 is 2.14 bits per heavy atom. The zero-order chi connectivity index (χ0) is 10.6. The van der Waals surface area contributed by atoms with Crippen LogP contribution in [0.3, 0.4) is 0 Å². The molecular weight excluding hydrogens is 198 g/mol.